The Balaban J connectivity index is 2.62. The number of nitrogens with one attached hydrogen (secondary N) is 2. The van der Waals surface area contributed by atoms with Gasteiger partial charge in [-0.05, 0) is 32.8 Å². The lowest BCUT2D eigenvalue weighted by molar-refractivity contribution is -0.155. The van der Waals surface area contributed by atoms with Crippen molar-refractivity contribution >= 4 is 23.9 Å². The summed E-state index contributed by atoms with van der Waals surface area (Å²) in [5.74, 6) is -2.16. The first kappa shape index (κ1) is 25.9. The van der Waals surface area contributed by atoms with E-state index in [0.717, 1.165) is 12.7 Å². The number of hydrogen-bond donors (Lipinski definition) is 3. The molecular formula is C21H30N2O8. The second-order valence-electron chi connectivity index (χ2n) is 7.65. The first-order valence-electron chi connectivity index (χ1n) is 9.74. The lowest BCUT2D eigenvalue weighted by Gasteiger charge is -2.22. The summed E-state index contributed by atoms with van der Waals surface area (Å²) in [4.78, 5) is 48.2. The van der Waals surface area contributed by atoms with Crippen molar-refractivity contribution in [1.29, 1.82) is 0 Å². The summed E-state index contributed by atoms with van der Waals surface area (Å²) in [5.41, 5.74) is 0.0585. The molecule has 0 spiro atoms. The number of carbonyl (C=O) groups excluding carboxylic acids is 4. The molecule has 10 nitrogen and oxygen atoms in total. The second kappa shape index (κ2) is 12.5. The minimum atomic E-state index is -1.36. The van der Waals surface area contributed by atoms with Crippen LogP contribution < -0.4 is 10.6 Å². The number of methoxy groups -OCH3 is 1. The van der Waals surface area contributed by atoms with Gasteiger partial charge in [0.1, 0.15) is 24.3 Å². The lowest BCUT2D eigenvalue weighted by atomic mass is 10.1. The van der Waals surface area contributed by atoms with Crippen LogP contribution in [0.1, 0.15) is 39.2 Å². The minimum absolute atomic E-state index is 0.0207. The highest BCUT2D eigenvalue weighted by molar-refractivity contribution is 5.90. The molecule has 1 aromatic carbocycles. The van der Waals surface area contributed by atoms with Crippen LogP contribution in [0.2, 0.25) is 0 Å². The van der Waals surface area contributed by atoms with Crippen molar-refractivity contribution in [1.82, 2.24) is 10.6 Å². The van der Waals surface area contributed by atoms with Crippen LogP contribution in [0.25, 0.3) is 0 Å². The van der Waals surface area contributed by atoms with Gasteiger partial charge in [0, 0.05) is 6.42 Å². The number of aliphatic hydroxyl groups is 1. The molecule has 3 N–H and O–H groups in total. The molecule has 31 heavy (non-hydrogen) atoms. The molecule has 0 aromatic heterocycles. The fraction of sp³-hybridized carbons (Fsp3) is 0.524. The molecule has 0 saturated heterocycles. The molecule has 0 fully saturated rings. The van der Waals surface area contributed by atoms with Crippen LogP contribution in [0.15, 0.2) is 30.3 Å². The average molecular weight is 438 g/mol. The molecule has 0 radical (unpaired) electrons. The van der Waals surface area contributed by atoms with E-state index in [1.165, 1.54) is 0 Å². The number of benzene rings is 1. The molecule has 0 aliphatic rings. The number of hydrogen-bond acceptors (Lipinski definition) is 8. The van der Waals surface area contributed by atoms with Crippen molar-refractivity contribution in [3.8, 4) is 0 Å². The number of alkyl carbamates (subject to hydrolysis) is 1. The standard InChI is InChI=1S/C21H30N2O8/c1-21(2,3)31-17(25)11-10-15(19(27)29-4)22-18(26)16(12-24)23-20(28)30-13-14-8-6-5-7-9-14/h5-9,15-16,24H,10-13H2,1-4H3,(H,22,26)(H,23,28)/t15-,16-/m0/s1. The zero-order valence-corrected chi connectivity index (χ0v) is 18.2. The third kappa shape index (κ3) is 10.4. The van der Waals surface area contributed by atoms with Crippen molar-refractivity contribution in [2.24, 2.45) is 0 Å². The largest absolute Gasteiger partial charge is 0.467 e. The van der Waals surface area contributed by atoms with Crippen LogP contribution in [0.5, 0.6) is 0 Å². The Morgan fingerprint density at radius 2 is 1.68 bits per heavy atom. The molecule has 2 atom stereocenters. The molecular weight excluding hydrogens is 408 g/mol. The smallest absolute Gasteiger partial charge is 0.408 e. The maximum atomic E-state index is 12.4. The number of aliphatic hydroxyl groups excluding tert-OH is 1. The summed E-state index contributed by atoms with van der Waals surface area (Å²) in [6.45, 7) is 4.37. The normalized spacial score (nSPS) is 12.8. The Bertz CT molecular complexity index is 745. The molecule has 172 valence electrons. The van der Waals surface area contributed by atoms with E-state index in [4.69, 9.17) is 9.47 Å². The highest BCUT2D eigenvalue weighted by atomic mass is 16.6. The van der Waals surface area contributed by atoms with Crippen molar-refractivity contribution in [2.75, 3.05) is 13.7 Å². The summed E-state index contributed by atoms with van der Waals surface area (Å²) in [5, 5.41) is 14.1. The zero-order valence-electron chi connectivity index (χ0n) is 18.2. The topological polar surface area (TPSA) is 140 Å². The average Bonchev–Trinajstić information content (AvgIpc) is 2.72. The van der Waals surface area contributed by atoms with Gasteiger partial charge >= 0.3 is 18.0 Å². The van der Waals surface area contributed by atoms with E-state index in [1.54, 1.807) is 45.0 Å². The quantitative estimate of drug-likeness (QED) is 0.364. The second-order valence-corrected chi connectivity index (χ2v) is 7.65. The predicted molar refractivity (Wildman–Crippen MR) is 110 cm³/mol. The van der Waals surface area contributed by atoms with Gasteiger partial charge in [-0.25, -0.2) is 9.59 Å². The van der Waals surface area contributed by atoms with Crippen LogP contribution in [-0.4, -0.2) is 60.4 Å². The number of amides is 2. The molecule has 2 amide bonds. The molecule has 1 rings (SSSR count). The van der Waals surface area contributed by atoms with Crippen LogP contribution in [0.4, 0.5) is 4.79 Å². The van der Waals surface area contributed by atoms with Gasteiger partial charge in [-0.2, -0.15) is 0 Å². The van der Waals surface area contributed by atoms with Crippen LogP contribution in [0.3, 0.4) is 0 Å². The predicted octanol–water partition coefficient (Wildman–Crippen LogP) is 1.05. The third-order valence-electron chi connectivity index (χ3n) is 3.86. The van der Waals surface area contributed by atoms with Crippen molar-refractivity contribution in [2.45, 2.75) is 57.9 Å². The van der Waals surface area contributed by atoms with Crippen molar-refractivity contribution < 1.29 is 38.5 Å². The van der Waals surface area contributed by atoms with Gasteiger partial charge in [0.15, 0.2) is 0 Å². The molecule has 10 heteroatoms. The maximum absolute atomic E-state index is 12.4. The van der Waals surface area contributed by atoms with Gasteiger partial charge in [0.05, 0.1) is 13.7 Å². The van der Waals surface area contributed by atoms with E-state index in [1.807, 2.05) is 6.07 Å². The van der Waals surface area contributed by atoms with Gasteiger partial charge < -0.3 is 30.0 Å². The van der Waals surface area contributed by atoms with E-state index in [9.17, 15) is 24.3 Å². The van der Waals surface area contributed by atoms with Crippen molar-refractivity contribution in [3.63, 3.8) is 0 Å². The summed E-state index contributed by atoms with van der Waals surface area (Å²) in [6, 6.07) is 6.37. The van der Waals surface area contributed by atoms with Crippen LogP contribution in [0, 0.1) is 0 Å². The lowest BCUT2D eigenvalue weighted by Crippen LogP contribution is -2.53. The Morgan fingerprint density at radius 3 is 2.23 bits per heavy atom. The molecule has 0 bridgehead atoms. The summed E-state index contributed by atoms with van der Waals surface area (Å²) in [6.07, 6.45) is -1.14. The van der Waals surface area contributed by atoms with E-state index < -0.39 is 48.2 Å². The van der Waals surface area contributed by atoms with E-state index >= 15 is 0 Å². The van der Waals surface area contributed by atoms with Gasteiger partial charge in [-0.3, -0.25) is 9.59 Å². The van der Waals surface area contributed by atoms with Crippen LogP contribution in [-0.2, 0) is 35.2 Å². The van der Waals surface area contributed by atoms with E-state index in [2.05, 4.69) is 15.4 Å². The van der Waals surface area contributed by atoms with E-state index in [-0.39, 0.29) is 19.4 Å². The zero-order chi connectivity index (χ0) is 23.4. The first-order valence-corrected chi connectivity index (χ1v) is 9.74. The Morgan fingerprint density at radius 1 is 1.03 bits per heavy atom. The molecule has 0 unspecified atom stereocenters. The number of rotatable bonds is 10. The van der Waals surface area contributed by atoms with Crippen LogP contribution >= 0.6 is 0 Å². The monoisotopic (exact) mass is 438 g/mol. The molecule has 0 saturated carbocycles. The first-order chi connectivity index (χ1) is 14.6. The SMILES string of the molecule is COC(=O)[C@H](CCC(=O)OC(C)(C)C)NC(=O)[C@H](CO)NC(=O)OCc1ccccc1. The third-order valence-corrected chi connectivity index (χ3v) is 3.86. The molecule has 1 aromatic rings. The molecule has 0 heterocycles. The molecule has 0 aliphatic heterocycles. The Kier molecular flexibility index (Phi) is 10.5. The van der Waals surface area contributed by atoms with Crippen molar-refractivity contribution in [3.05, 3.63) is 35.9 Å². The summed E-state index contributed by atoms with van der Waals surface area (Å²) < 4.78 is 14.8. The fourth-order valence-corrected chi connectivity index (χ4v) is 2.42. The summed E-state index contributed by atoms with van der Waals surface area (Å²) in [7, 11) is 1.14. The summed E-state index contributed by atoms with van der Waals surface area (Å²) >= 11 is 0. The Hall–Kier alpha value is -3.14. The van der Waals surface area contributed by atoms with Gasteiger partial charge in [-0.1, -0.05) is 30.3 Å². The van der Waals surface area contributed by atoms with E-state index in [0.29, 0.717) is 0 Å². The maximum Gasteiger partial charge on any atom is 0.408 e. The number of carbonyl (C=O) groups is 4. The minimum Gasteiger partial charge on any atom is -0.467 e. The Labute approximate surface area is 181 Å². The van der Waals surface area contributed by atoms with Gasteiger partial charge in [-0.15, -0.1) is 0 Å². The highest BCUT2D eigenvalue weighted by Crippen LogP contribution is 2.11. The fourth-order valence-electron chi connectivity index (χ4n) is 2.42. The number of esters is 2. The number of ether oxygens (including phenoxy) is 3. The highest BCUT2D eigenvalue weighted by Gasteiger charge is 2.28. The van der Waals surface area contributed by atoms with Gasteiger partial charge in [0.25, 0.3) is 0 Å². The van der Waals surface area contributed by atoms with Gasteiger partial charge in [0.2, 0.25) is 5.91 Å². The molecule has 0 aliphatic carbocycles.